The summed E-state index contributed by atoms with van der Waals surface area (Å²) >= 11 is 0. The van der Waals surface area contributed by atoms with E-state index in [0.29, 0.717) is 12.8 Å². The largest absolute Gasteiger partial charge is 0.465 e. The molecule has 1 fully saturated rings. The summed E-state index contributed by atoms with van der Waals surface area (Å²) in [6.45, 7) is 7.92. The summed E-state index contributed by atoms with van der Waals surface area (Å²) in [6, 6.07) is 9.99. The van der Waals surface area contributed by atoms with Gasteiger partial charge in [0.1, 0.15) is 0 Å². The molecule has 0 radical (unpaired) electrons. The van der Waals surface area contributed by atoms with Gasteiger partial charge in [0.2, 0.25) is 0 Å². The van der Waals surface area contributed by atoms with Gasteiger partial charge in [-0.25, -0.2) is 0 Å². The average Bonchev–Trinajstić information content (AvgIpc) is 3.03. The Balaban J connectivity index is 2.52. The molecular weight excluding hydrogens is 316 g/mol. The predicted octanol–water partition coefficient (Wildman–Crippen LogP) is 4.31. The molecule has 1 aliphatic carbocycles. The maximum atomic E-state index is 12.7. The summed E-state index contributed by atoms with van der Waals surface area (Å²) in [7, 11) is 0. The minimum Gasteiger partial charge on any atom is -0.465 e. The third-order valence-corrected chi connectivity index (χ3v) is 4.70. The van der Waals surface area contributed by atoms with Crippen LogP contribution >= 0.6 is 0 Å². The van der Waals surface area contributed by atoms with Crippen LogP contribution in [0.1, 0.15) is 46.1 Å². The zero-order chi connectivity index (χ0) is 18.4. The first-order valence-electron chi connectivity index (χ1n) is 8.75. The first-order chi connectivity index (χ1) is 12.0. The van der Waals surface area contributed by atoms with Gasteiger partial charge in [-0.2, -0.15) is 0 Å². The van der Waals surface area contributed by atoms with Gasteiger partial charge in [0.05, 0.1) is 13.2 Å². The van der Waals surface area contributed by atoms with Crippen LogP contribution < -0.4 is 0 Å². The highest BCUT2D eigenvalue weighted by Crippen LogP contribution is 2.49. The van der Waals surface area contributed by atoms with Gasteiger partial charge >= 0.3 is 11.9 Å². The molecule has 0 unspecified atom stereocenters. The Morgan fingerprint density at radius 2 is 1.60 bits per heavy atom. The molecule has 0 N–H and O–H groups in total. The zero-order valence-electron chi connectivity index (χ0n) is 15.4. The Bertz CT molecular complexity index is 680. The van der Waals surface area contributed by atoms with Crippen molar-refractivity contribution >= 4 is 17.5 Å². The van der Waals surface area contributed by atoms with Gasteiger partial charge < -0.3 is 9.47 Å². The molecule has 0 bridgehead atoms. The molecule has 1 aliphatic rings. The van der Waals surface area contributed by atoms with Crippen LogP contribution in [-0.4, -0.2) is 25.2 Å². The molecule has 0 saturated heterocycles. The lowest BCUT2D eigenvalue weighted by atomic mass is 9.85. The SMILES string of the molecule is C/C=C1\CC(C(=O)OCC)(C(=O)OCC)C\C1=C(/C)c1ccccc1. The van der Waals surface area contributed by atoms with Gasteiger partial charge in [-0.05, 0) is 56.4 Å². The molecule has 0 heterocycles. The fourth-order valence-electron chi connectivity index (χ4n) is 3.33. The quantitative estimate of drug-likeness (QED) is 0.591. The van der Waals surface area contributed by atoms with Gasteiger partial charge in [-0.15, -0.1) is 0 Å². The zero-order valence-corrected chi connectivity index (χ0v) is 15.4. The molecule has 134 valence electrons. The number of benzene rings is 1. The van der Waals surface area contributed by atoms with Crippen molar-refractivity contribution in [2.24, 2.45) is 5.41 Å². The fraction of sp³-hybridized carbons (Fsp3) is 0.429. The van der Waals surface area contributed by atoms with E-state index in [2.05, 4.69) is 0 Å². The van der Waals surface area contributed by atoms with Crippen molar-refractivity contribution in [2.75, 3.05) is 13.2 Å². The van der Waals surface area contributed by atoms with E-state index in [9.17, 15) is 9.59 Å². The molecule has 1 aromatic rings. The van der Waals surface area contributed by atoms with E-state index >= 15 is 0 Å². The van der Waals surface area contributed by atoms with E-state index in [1.807, 2.05) is 50.3 Å². The second-order valence-electron chi connectivity index (χ2n) is 6.16. The first kappa shape index (κ1) is 19.0. The van der Waals surface area contributed by atoms with Gasteiger partial charge in [0.15, 0.2) is 5.41 Å². The molecular formula is C21H26O4. The normalized spacial score (nSPS) is 19.6. The highest BCUT2D eigenvalue weighted by molar-refractivity contribution is 6.02. The highest BCUT2D eigenvalue weighted by Gasteiger charge is 2.54. The van der Waals surface area contributed by atoms with E-state index in [-0.39, 0.29) is 13.2 Å². The van der Waals surface area contributed by atoms with Crippen molar-refractivity contribution < 1.29 is 19.1 Å². The smallest absolute Gasteiger partial charge is 0.324 e. The third kappa shape index (κ3) is 3.68. The standard InChI is InChI=1S/C21H26O4/c1-5-16-13-21(19(22)24-6-2,20(23)25-7-3)14-18(16)15(4)17-11-9-8-10-12-17/h5,8-12H,6-7,13-14H2,1-4H3/b16-5+,18-15-. The number of esters is 2. The van der Waals surface area contributed by atoms with Crippen LogP contribution in [0.3, 0.4) is 0 Å². The Hall–Kier alpha value is -2.36. The molecule has 2 rings (SSSR count). The van der Waals surface area contributed by atoms with E-state index < -0.39 is 17.4 Å². The summed E-state index contributed by atoms with van der Waals surface area (Å²) in [6.07, 6.45) is 2.60. The molecule has 0 atom stereocenters. The molecule has 4 heteroatoms. The van der Waals surface area contributed by atoms with Crippen LogP contribution in [0.5, 0.6) is 0 Å². The van der Waals surface area contributed by atoms with E-state index in [1.165, 1.54) is 0 Å². The summed E-state index contributed by atoms with van der Waals surface area (Å²) in [4.78, 5) is 25.4. The van der Waals surface area contributed by atoms with Gasteiger partial charge in [0.25, 0.3) is 0 Å². The summed E-state index contributed by atoms with van der Waals surface area (Å²) in [5.41, 5.74) is 2.90. The number of carbonyl (C=O) groups is 2. The van der Waals surface area contributed by atoms with Crippen molar-refractivity contribution in [3.05, 3.63) is 53.1 Å². The highest BCUT2D eigenvalue weighted by atomic mass is 16.6. The van der Waals surface area contributed by atoms with Crippen molar-refractivity contribution in [3.63, 3.8) is 0 Å². The van der Waals surface area contributed by atoms with Gasteiger partial charge in [-0.3, -0.25) is 9.59 Å². The number of hydrogen-bond acceptors (Lipinski definition) is 4. The Morgan fingerprint density at radius 1 is 1.04 bits per heavy atom. The molecule has 0 spiro atoms. The van der Waals surface area contributed by atoms with Crippen LogP contribution in [0.2, 0.25) is 0 Å². The molecule has 0 aromatic heterocycles. The maximum Gasteiger partial charge on any atom is 0.324 e. The predicted molar refractivity (Wildman–Crippen MR) is 97.7 cm³/mol. The second kappa shape index (κ2) is 8.15. The van der Waals surface area contributed by atoms with Crippen molar-refractivity contribution in [3.8, 4) is 0 Å². The summed E-state index contributed by atoms with van der Waals surface area (Å²) < 4.78 is 10.5. The minimum absolute atomic E-state index is 0.238. The first-order valence-corrected chi connectivity index (χ1v) is 8.75. The van der Waals surface area contributed by atoms with Gasteiger partial charge in [-0.1, -0.05) is 36.4 Å². The maximum absolute atomic E-state index is 12.7. The molecule has 0 amide bonds. The molecule has 4 nitrogen and oxygen atoms in total. The summed E-state index contributed by atoms with van der Waals surface area (Å²) in [5.74, 6) is -0.993. The number of hydrogen-bond donors (Lipinski definition) is 0. The summed E-state index contributed by atoms with van der Waals surface area (Å²) in [5, 5.41) is 0. The van der Waals surface area contributed by atoms with Crippen LogP contribution in [0, 0.1) is 5.41 Å². The average molecular weight is 342 g/mol. The van der Waals surface area contributed by atoms with Crippen molar-refractivity contribution in [1.82, 2.24) is 0 Å². The lowest BCUT2D eigenvalue weighted by molar-refractivity contribution is -0.171. The lowest BCUT2D eigenvalue weighted by Gasteiger charge is -2.23. The van der Waals surface area contributed by atoms with Crippen LogP contribution in [0.25, 0.3) is 5.57 Å². The van der Waals surface area contributed by atoms with Crippen molar-refractivity contribution in [1.29, 1.82) is 0 Å². The molecule has 1 saturated carbocycles. The Kier molecular flexibility index (Phi) is 6.18. The van der Waals surface area contributed by atoms with Crippen LogP contribution in [-0.2, 0) is 19.1 Å². The Morgan fingerprint density at radius 3 is 2.08 bits per heavy atom. The van der Waals surface area contributed by atoms with E-state index in [0.717, 1.165) is 22.3 Å². The lowest BCUT2D eigenvalue weighted by Crippen LogP contribution is -2.40. The number of ether oxygens (including phenoxy) is 2. The second-order valence-corrected chi connectivity index (χ2v) is 6.16. The van der Waals surface area contributed by atoms with E-state index in [4.69, 9.17) is 9.47 Å². The Labute approximate surface area is 149 Å². The monoisotopic (exact) mass is 342 g/mol. The fourth-order valence-corrected chi connectivity index (χ4v) is 3.33. The van der Waals surface area contributed by atoms with Crippen molar-refractivity contribution in [2.45, 2.75) is 40.5 Å². The molecule has 1 aromatic carbocycles. The van der Waals surface area contributed by atoms with Crippen LogP contribution in [0.15, 0.2) is 47.6 Å². The number of rotatable bonds is 5. The number of carbonyl (C=O) groups excluding carboxylic acids is 2. The third-order valence-electron chi connectivity index (χ3n) is 4.70. The number of allylic oxidation sites excluding steroid dienone is 4. The van der Waals surface area contributed by atoms with Crippen LogP contribution in [0.4, 0.5) is 0 Å². The van der Waals surface area contributed by atoms with Gasteiger partial charge in [0, 0.05) is 6.42 Å². The molecule has 0 aliphatic heterocycles. The molecule has 25 heavy (non-hydrogen) atoms. The minimum atomic E-state index is -1.28. The van der Waals surface area contributed by atoms with E-state index in [1.54, 1.807) is 13.8 Å². The topological polar surface area (TPSA) is 52.6 Å².